The van der Waals surface area contributed by atoms with Crippen LogP contribution in [-0.2, 0) is 18.3 Å². The first-order chi connectivity index (χ1) is 11.6. The van der Waals surface area contributed by atoms with Gasteiger partial charge < -0.3 is 9.47 Å². The summed E-state index contributed by atoms with van der Waals surface area (Å²) in [5, 5.41) is 0. The third-order valence-corrected chi connectivity index (χ3v) is 4.57. The average molecular weight is 329 g/mol. The monoisotopic (exact) mass is 329 g/mol. The maximum Gasteiger partial charge on any atom is 0.293 e. The molecule has 0 aliphatic carbocycles. The van der Waals surface area contributed by atoms with E-state index in [1.54, 1.807) is 37.6 Å². The second-order valence-corrected chi connectivity index (χ2v) is 6.16. The Hall–Kier alpha value is -2.50. The molecule has 6 heteroatoms. The Morgan fingerprint density at radius 2 is 2.00 bits per heavy atom. The summed E-state index contributed by atoms with van der Waals surface area (Å²) in [6, 6.07) is 6.39. The maximum atomic E-state index is 13.7. The Balaban J connectivity index is 1.63. The molecule has 0 unspecified atom stereocenters. The zero-order chi connectivity index (χ0) is 17.1. The summed E-state index contributed by atoms with van der Waals surface area (Å²) < 4.78 is 15.2. The van der Waals surface area contributed by atoms with E-state index in [1.807, 2.05) is 4.90 Å². The third kappa shape index (κ3) is 3.37. The number of piperidine rings is 1. The molecule has 5 nitrogen and oxygen atoms in total. The Morgan fingerprint density at radius 3 is 2.71 bits per heavy atom. The van der Waals surface area contributed by atoms with Crippen molar-refractivity contribution < 1.29 is 9.18 Å². The van der Waals surface area contributed by atoms with Gasteiger partial charge in [0.25, 0.3) is 5.56 Å². The van der Waals surface area contributed by atoms with E-state index >= 15 is 0 Å². The number of aryl methyl sites for hydroxylation is 1. The molecule has 126 valence electrons. The van der Waals surface area contributed by atoms with E-state index in [1.165, 1.54) is 10.6 Å². The molecule has 1 aliphatic rings. The SMILES string of the molecule is Cn1ccnc(N2CCC(C(=O)Cc3ccccc3F)CC2)c1=O. The van der Waals surface area contributed by atoms with E-state index in [9.17, 15) is 14.0 Å². The van der Waals surface area contributed by atoms with Gasteiger partial charge in [-0.3, -0.25) is 9.59 Å². The fourth-order valence-electron chi connectivity index (χ4n) is 3.09. The molecule has 1 aromatic heterocycles. The van der Waals surface area contributed by atoms with E-state index in [4.69, 9.17) is 0 Å². The lowest BCUT2D eigenvalue weighted by Gasteiger charge is -2.31. The number of halogens is 1. The number of benzene rings is 1. The molecule has 0 radical (unpaired) electrons. The highest BCUT2D eigenvalue weighted by molar-refractivity contribution is 5.83. The van der Waals surface area contributed by atoms with Crippen LogP contribution in [0, 0.1) is 11.7 Å². The van der Waals surface area contributed by atoms with Crippen molar-refractivity contribution in [3.63, 3.8) is 0 Å². The van der Waals surface area contributed by atoms with Crippen molar-refractivity contribution in [2.24, 2.45) is 13.0 Å². The minimum absolute atomic E-state index is 0.0636. The fraction of sp³-hybridized carbons (Fsp3) is 0.389. The smallest absolute Gasteiger partial charge is 0.293 e. The summed E-state index contributed by atoms with van der Waals surface area (Å²) in [7, 11) is 1.69. The summed E-state index contributed by atoms with van der Waals surface area (Å²) >= 11 is 0. The number of carbonyl (C=O) groups excluding carboxylic acids is 1. The minimum atomic E-state index is -0.333. The van der Waals surface area contributed by atoms with Crippen molar-refractivity contribution in [1.82, 2.24) is 9.55 Å². The summed E-state index contributed by atoms with van der Waals surface area (Å²) in [6.07, 6.45) is 4.67. The second-order valence-electron chi connectivity index (χ2n) is 6.16. The van der Waals surface area contributed by atoms with Crippen molar-refractivity contribution >= 4 is 11.6 Å². The highest BCUT2D eigenvalue weighted by Crippen LogP contribution is 2.22. The van der Waals surface area contributed by atoms with Gasteiger partial charge in [-0.1, -0.05) is 18.2 Å². The molecule has 24 heavy (non-hydrogen) atoms. The van der Waals surface area contributed by atoms with Crippen LogP contribution < -0.4 is 10.5 Å². The van der Waals surface area contributed by atoms with E-state index < -0.39 is 0 Å². The molecule has 0 N–H and O–H groups in total. The van der Waals surface area contributed by atoms with Gasteiger partial charge in [-0.25, -0.2) is 9.37 Å². The lowest BCUT2D eigenvalue weighted by atomic mass is 9.89. The first kappa shape index (κ1) is 16.4. The zero-order valence-electron chi connectivity index (χ0n) is 13.6. The molecule has 0 amide bonds. The fourth-order valence-corrected chi connectivity index (χ4v) is 3.09. The third-order valence-electron chi connectivity index (χ3n) is 4.57. The average Bonchev–Trinajstić information content (AvgIpc) is 2.59. The van der Waals surface area contributed by atoms with Crippen molar-refractivity contribution in [1.29, 1.82) is 0 Å². The van der Waals surface area contributed by atoms with Crippen molar-refractivity contribution in [3.05, 3.63) is 58.4 Å². The van der Waals surface area contributed by atoms with Gasteiger partial charge in [0, 0.05) is 44.9 Å². The van der Waals surface area contributed by atoms with Crippen LogP contribution in [0.4, 0.5) is 10.2 Å². The number of aromatic nitrogens is 2. The van der Waals surface area contributed by atoms with E-state index in [2.05, 4.69) is 4.98 Å². The van der Waals surface area contributed by atoms with E-state index in [0.29, 0.717) is 37.3 Å². The van der Waals surface area contributed by atoms with Gasteiger partial charge in [0.15, 0.2) is 5.82 Å². The molecular formula is C18H20FN3O2. The zero-order valence-corrected chi connectivity index (χ0v) is 13.6. The number of Topliss-reactive ketones (excluding diaryl/α,β-unsaturated/α-hetero) is 1. The van der Waals surface area contributed by atoms with Gasteiger partial charge in [-0.2, -0.15) is 0 Å². The number of ketones is 1. The van der Waals surface area contributed by atoms with Crippen LogP contribution in [0.25, 0.3) is 0 Å². The minimum Gasteiger partial charge on any atom is -0.352 e. The Kier molecular flexibility index (Phi) is 4.74. The first-order valence-electron chi connectivity index (χ1n) is 8.09. The van der Waals surface area contributed by atoms with E-state index in [-0.39, 0.29) is 29.5 Å². The Labute approximate surface area is 139 Å². The van der Waals surface area contributed by atoms with Crippen molar-refractivity contribution in [2.45, 2.75) is 19.3 Å². The molecule has 0 spiro atoms. The number of hydrogen-bond donors (Lipinski definition) is 0. The molecule has 1 aromatic carbocycles. The molecule has 0 saturated carbocycles. The van der Waals surface area contributed by atoms with Gasteiger partial charge in [0.1, 0.15) is 11.6 Å². The van der Waals surface area contributed by atoms with Crippen LogP contribution in [0.2, 0.25) is 0 Å². The topological polar surface area (TPSA) is 55.2 Å². The maximum absolute atomic E-state index is 13.7. The number of carbonyl (C=O) groups is 1. The van der Waals surface area contributed by atoms with Gasteiger partial charge in [0.2, 0.25) is 0 Å². The summed E-state index contributed by atoms with van der Waals surface area (Å²) in [6.45, 7) is 1.22. The largest absolute Gasteiger partial charge is 0.352 e. The molecule has 1 saturated heterocycles. The standard InChI is InChI=1S/C18H20FN3O2/c1-21-11-8-20-17(18(21)24)22-9-6-13(7-10-22)16(23)12-14-4-2-3-5-15(14)19/h2-5,8,11,13H,6-7,9-10,12H2,1H3. The van der Waals surface area contributed by atoms with Crippen LogP contribution in [-0.4, -0.2) is 28.4 Å². The van der Waals surface area contributed by atoms with Crippen LogP contribution in [0.3, 0.4) is 0 Å². The molecular weight excluding hydrogens is 309 g/mol. The Bertz CT molecular complexity index is 795. The molecule has 2 aromatic rings. The summed E-state index contributed by atoms with van der Waals surface area (Å²) in [4.78, 5) is 30.6. The van der Waals surface area contributed by atoms with Crippen LogP contribution in [0.1, 0.15) is 18.4 Å². The van der Waals surface area contributed by atoms with Gasteiger partial charge in [-0.15, -0.1) is 0 Å². The quantitative estimate of drug-likeness (QED) is 0.860. The molecule has 3 rings (SSSR count). The molecule has 0 atom stereocenters. The van der Waals surface area contributed by atoms with Crippen LogP contribution in [0.15, 0.2) is 41.5 Å². The van der Waals surface area contributed by atoms with Gasteiger partial charge in [0.05, 0.1) is 0 Å². The summed E-state index contributed by atoms with van der Waals surface area (Å²) in [5.41, 5.74) is 0.317. The molecule has 1 fully saturated rings. The number of anilines is 1. The highest BCUT2D eigenvalue weighted by atomic mass is 19.1. The number of hydrogen-bond acceptors (Lipinski definition) is 4. The first-order valence-corrected chi connectivity index (χ1v) is 8.09. The van der Waals surface area contributed by atoms with Gasteiger partial charge in [-0.05, 0) is 24.5 Å². The number of rotatable bonds is 4. The molecule has 2 heterocycles. The van der Waals surface area contributed by atoms with Crippen LogP contribution >= 0.6 is 0 Å². The predicted molar refractivity (Wildman–Crippen MR) is 89.5 cm³/mol. The number of nitrogens with zero attached hydrogens (tertiary/aromatic N) is 3. The van der Waals surface area contributed by atoms with Crippen LogP contribution in [0.5, 0.6) is 0 Å². The van der Waals surface area contributed by atoms with Gasteiger partial charge >= 0.3 is 0 Å². The lowest BCUT2D eigenvalue weighted by Crippen LogP contribution is -2.40. The van der Waals surface area contributed by atoms with Crippen molar-refractivity contribution in [2.75, 3.05) is 18.0 Å². The Morgan fingerprint density at radius 1 is 1.29 bits per heavy atom. The molecule has 0 bridgehead atoms. The predicted octanol–water partition coefficient (Wildman–Crippen LogP) is 1.95. The normalized spacial score (nSPS) is 15.5. The van der Waals surface area contributed by atoms with Crippen molar-refractivity contribution in [3.8, 4) is 0 Å². The lowest BCUT2D eigenvalue weighted by molar-refractivity contribution is -0.122. The summed E-state index contributed by atoms with van der Waals surface area (Å²) in [5.74, 6) is 0.0716. The highest BCUT2D eigenvalue weighted by Gasteiger charge is 2.27. The van der Waals surface area contributed by atoms with E-state index in [0.717, 1.165) is 0 Å². The molecule has 1 aliphatic heterocycles. The second kappa shape index (κ2) is 6.95.